The number of anilines is 1. The molecule has 0 radical (unpaired) electrons. The van der Waals surface area contributed by atoms with E-state index in [1.165, 1.54) is 0 Å². The van der Waals surface area contributed by atoms with Crippen LogP contribution >= 0.6 is 0 Å². The van der Waals surface area contributed by atoms with Crippen LogP contribution in [0, 0.1) is 11.3 Å². The molecule has 5 heteroatoms. The summed E-state index contributed by atoms with van der Waals surface area (Å²) in [5.41, 5.74) is 1.57. The zero-order chi connectivity index (χ0) is 13.7. The first kappa shape index (κ1) is 13.4. The van der Waals surface area contributed by atoms with E-state index in [4.69, 9.17) is 15.1 Å². The van der Waals surface area contributed by atoms with E-state index in [9.17, 15) is 4.79 Å². The standard InChI is InChI=1S/C14H16N2O3/c15-9-11-2-1-3-12(8-11)16-6-7-19-10-13(16)4-5-14(17)18/h1-3,8,13H,4-7,10H2,(H,17,18). The molecule has 1 aromatic carbocycles. The highest BCUT2D eigenvalue weighted by Gasteiger charge is 2.23. The molecule has 1 saturated heterocycles. The van der Waals surface area contributed by atoms with Crippen LogP contribution in [-0.2, 0) is 9.53 Å². The van der Waals surface area contributed by atoms with Gasteiger partial charge in [-0.25, -0.2) is 0 Å². The van der Waals surface area contributed by atoms with Gasteiger partial charge >= 0.3 is 5.97 Å². The maximum absolute atomic E-state index is 10.7. The number of nitrogens with zero attached hydrogens (tertiary/aromatic N) is 2. The summed E-state index contributed by atoms with van der Waals surface area (Å²) in [5, 5.41) is 17.7. The number of benzene rings is 1. The Morgan fingerprint density at radius 2 is 2.42 bits per heavy atom. The summed E-state index contributed by atoms with van der Waals surface area (Å²) < 4.78 is 5.42. The molecule has 100 valence electrons. The fourth-order valence-electron chi connectivity index (χ4n) is 2.28. The average Bonchev–Trinajstić information content (AvgIpc) is 2.45. The lowest BCUT2D eigenvalue weighted by Crippen LogP contribution is -2.45. The number of carboxylic acid groups (broad SMARTS) is 1. The fraction of sp³-hybridized carbons (Fsp3) is 0.429. The molecule has 2 rings (SSSR count). The van der Waals surface area contributed by atoms with Crippen molar-refractivity contribution in [3.8, 4) is 6.07 Å². The molecule has 1 aliphatic heterocycles. The van der Waals surface area contributed by atoms with Gasteiger partial charge in [-0.3, -0.25) is 4.79 Å². The Labute approximate surface area is 112 Å². The Kier molecular flexibility index (Phi) is 4.37. The van der Waals surface area contributed by atoms with Crippen molar-refractivity contribution < 1.29 is 14.6 Å². The SMILES string of the molecule is N#Cc1cccc(N2CCOCC2CCC(=O)O)c1. The molecule has 1 unspecified atom stereocenters. The molecule has 0 aromatic heterocycles. The summed E-state index contributed by atoms with van der Waals surface area (Å²) in [4.78, 5) is 12.8. The topological polar surface area (TPSA) is 73.6 Å². The number of ether oxygens (including phenoxy) is 1. The fourth-order valence-corrected chi connectivity index (χ4v) is 2.28. The molecular formula is C14H16N2O3. The molecule has 1 aliphatic rings. The second-order valence-electron chi connectivity index (χ2n) is 4.52. The smallest absolute Gasteiger partial charge is 0.303 e. The summed E-state index contributed by atoms with van der Waals surface area (Å²) >= 11 is 0. The van der Waals surface area contributed by atoms with Crippen LogP contribution in [0.2, 0.25) is 0 Å². The zero-order valence-corrected chi connectivity index (χ0v) is 10.6. The van der Waals surface area contributed by atoms with Crippen LogP contribution < -0.4 is 4.90 Å². The summed E-state index contributed by atoms with van der Waals surface area (Å²) in [6, 6.07) is 9.56. The van der Waals surface area contributed by atoms with Gasteiger partial charge in [-0.05, 0) is 24.6 Å². The summed E-state index contributed by atoms with van der Waals surface area (Å²) in [6.45, 7) is 1.88. The third kappa shape index (κ3) is 3.46. The van der Waals surface area contributed by atoms with Gasteiger partial charge in [0.2, 0.25) is 0 Å². The van der Waals surface area contributed by atoms with Crippen molar-refractivity contribution >= 4 is 11.7 Å². The largest absolute Gasteiger partial charge is 0.481 e. The van der Waals surface area contributed by atoms with Crippen molar-refractivity contribution in [1.29, 1.82) is 5.26 Å². The normalized spacial score (nSPS) is 18.9. The molecule has 0 spiro atoms. The third-order valence-electron chi connectivity index (χ3n) is 3.23. The number of hydrogen-bond acceptors (Lipinski definition) is 4. The van der Waals surface area contributed by atoms with Crippen molar-refractivity contribution in [1.82, 2.24) is 0 Å². The first-order chi connectivity index (χ1) is 9.20. The van der Waals surface area contributed by atoms with E-state index in [-0.39, 0.29) is 12.5 Å². The van der Waals surface area contributed by atoms with Crippen LogP contribution in [0.1, 0.15) is 18.4 Å². The molecule has 1 heterocycles. The van der Waals surface area contributed by atoms with Gasteiger partial charge < -0.3 is 14.7 Å². The average molecular weight is 260 g/mol. The summed E-state index contributed by atoms with van der Waals surface area (Å²) in [7, 11) is 0. The van der Waals surface area contributed by atoms with Gasteiger partial charge in [0.25, 0.3) is 0 Å². The molecule has 1 fully saturated rings. The van der Waals surface area contributed by atoms with Crippen LogP contribution in [0.25, 0.3) is 0 Å². The summed E-state index contributed by atoms with van der Waals surface area (Å²) in [6.07, 6.45) is 0.675. The monoisotopic (exact) mass is 260 g/mol. The van der Waals surface area contributed by atoms with Crippen molar-refractivity contribution in [2.45, 2.75) is 18.9 Å². The molecule has 19 heavy (non-hydrogen) atoms. The summed E-state index contributed by atoms with van der Waals surface area (Å²) in [5.74, 6) is -0.795. The van der Waals surface area contributed by atoms with E-state index < -0.39 is 5.97 Å². The van der Waals surface area contributed by atoms with E-state index in [0.29, 0.717) is 25.2 Å². The van der Waals surface area contributed by atoms with Crippen LogP contribution in [0.4, 0.5) is 5.69 Å². The Bertz CT molecular complexity index is 496. The van der Waals surface area contributed by atoms with Gasteiger partial charge in [0, 0.05) is 18.7 Å². The number of carbonyl (C=O) groups is 1. The Balaban J connectivity index is 2.14. The highest BCUT2D eigenvalue weighted by molar-refractivity contribution is 5.66. The highest BCUT2D eigenvalue weighted by Crippen LogP contribution is 2.23. The van der Waals surface area contributed by atoms with Gasteiger partial charge in [-0.15, -0.1) is 0 Å². The van der Waals surface area contributed by atoms with Gasteiger partial charge in [0.15, 0.2) is 0 Å². The van der Waals surface area contributed by atoms with Crippen molar-refractivity contribution in [2.24, 2.45) is 0 Å². The van der Waals surface area contributed by atoms with Crippen molar-refractivity contribution in [3.63, 3.8) is 0 Å². The number of carboxylic acids is 1. The van der Waals surface area contributed by atoms with Crippen LogP contribution in [0.3, 0.4) is 0 Å². The lowest BCUT2D eigenvalue weighted by molar-refractivity contribution is -0.137. The van der Waals surface area contributed by atoms with E-state index in [1.54, 1.807) is 6.07 Å². The molecule has 0 amide bonds. The number of morpholine rings is 1. The molecular weight excluding hydrogens is 244 g/mol. The van der Waals surface area contributed by atoms with Crippen LogP contribution in [-0.4, -0.2) is 36.9 Å². The van der Waals surface area contributed by atoms with E-state index in [1.807, 2.05) is 18.2 Å². The second-order valence-corrected chi connectivity index (χ2v) is 4.52. The number of aliphatic carboxylic acids is 1. The maximum atomic E-state index is 10.7. The third-order valence-corrected chi connectivity index (χ3v) is 3.23. The Hall–Kier alpha value is -2.06. The van der Waals surface area contributed by atoms with Gasteiger partial charge in [-0.2, -0.15) is 5.26 Å². The van der Waals surface area contributed by atoms with Crippen LogP contribution in [0.15, 0.2) is 24.3 Å². The van der Waals surface area contributed by atoms with Gasteiger partial charge in [-0.1, -0.05) is 6.07 Å². The molecule has 0 saturated carbocycles. The van der Waals surface area contributed by atoms with Crippen molar-refractivity contribution in [2.75, 3.05) is 24.7 Å². The lowest BCUT2D eigenvalue weighted by atomic mass is 10.1. The predicted octanol–water partition coefficient (Wildman–Crippen LogP) is 1.63. The number of nitriles is 1. The number of hydrogen-bond donors (Lipinski definition) is 1. The molecule has 0 aliphatic carbocycles. The first-order valence-corrected chi connectivity index (χ1v) is 6.27. The first-order valence-electron chi connectivity index (χ1n) is 6.27. The molecule has 1 aromatic rings. The van der Waals surface area contributed by atoms with Gasteiger partial charge in [0.05, 0.1) is 30.9 Å². The highest BCUT2D eigenvalue weighted by atomic mass is 16.5. The molecule has 1 atom stereocenters. The Morgan fingerprint density at radius 1 is 1.58 bits per heavy atom. The minimum Gasteiger partial charge on any atom is -0.481 e. The number of rotatable bonds is 4. The van der Waals surface area contributed by atoms with Crippen LogP contribution in [0.5, 0.6) is 0 Å². The minimum atomic E-state index is -0.795. The second kappa shape index (κ2) is 6.21. The quantitative estimate of drug-likeness (QED) is 0.890. The Morgan fingerprint density at radius 3 is 3.16 bits per heavy atom. The molecule has 1 N–H and O–H groups in total. The molecule has 5 nitrogen and oxygen atoms in total. The maximum Gasteiger partial charge on any atom is 0.303 e. The molecule has 0 bridgehead atoms. The van der Waals surface area contributed by atoms with E-state index >= 15 is 0 Å². The van der Waals surface area contributed by atoms with Gasteiger partial charge in [0.1, 0.15) is 0 Å². The zero-order valence-electron chi connectivity index (χ0n) is 10.6. The van der Waals surface area contributed by atoms with Crippen molar-refractivity contribution in [3.05, 3.63) is 29.8 Å². The predicted molar refractivity (Wildman–Crippen MR) is 70.0 cm³/mol. The van der Waals surface area contributed by atoms with E-state index in [0.717, 1.165) is 12.2 Å². The van der Waals surface area contributed by atoms with E-state index in [2.05, 4.69) is 11.0 Å². The minimum absolute atomic E-state index is 0.0544. The lowest BCUT2D eigenvalue weighted by Gasteiger charge is -2.37.